The molecule has 1 saturated carbocycles. The first kappa shape index (κ1) is 20.4. The largest absolute Gasteiger partial charge is 0.357 e. The summed E-state index contributed by atoms with van der Waals surface area (Å²) in [7, 11) is 6.03. The molecule has 2 saturated heterocycles. The second-order valence-electron chi connectivity index (χ2n) is 9.10. The van der Waals surface area contributed by atoms with E-state index in [1.54, 1.807) is 4.90 Å². The standard InChI is InChI=1S/C21H39N5O/c1-5-22-20(23-15-21(11-6-7-12-21)19(27)25(2)3)24-16-13-17-9-8-10-18(14-16)26(17)4/h16-18H,5-15H2,1-4H3,(H2,22,23,24). The lowest BCUT2D eigenvalue weighted by atomic mass is 9.82. The molecule has 2 bridgehead atoms. The lowest BCUT2D eigenvalue weighted by Gasteiger charge is -2.47. The highest BCUT2D eigenvalue weighted by Gasteiger charge is 2.42. The van der Waals surface area contributed by atoms with Crippen LogP contribution >= 0.6 is 0 Å². The molecule has 2 heterocycles. The van der Waals surface area contributed by atoms with Gasteiger partial charge in [-0.25, -0.2) is 0 Å². The molecular formula is C21H39N5O. The first-order chi connectivity index (χ1) is 12.9. The summed E-state index contributed by atoms with van der Waals surface area (Å²) >= 11 is 0. The van der Waals surface area contributed by atoms with Crippen molar-refractivity contribution in [3.05, 3.63) is 0 Å². The van der Waals surface area contributed by atoms with Crippen LogP contribution in [0.5, 0.6) is 0 Å². The van der Waals surface area contributed by atoms with Crippen molar-refractivity contribution in [1.29, 1.82) is 0 Å². The van der Waals surface area contributed by atoms with Gasteiger partial charge < -0.3 is 20.4 Å². The predicted octanol–water partition coefficient (Wildman–Crippen LogP) is 2.21. The van der Waals surface area contributed by atoms with E-state index in [1.165, 1.54) is 32.1 Å². The Morgan fingerprint density at radius 3 is 2.33 bits per heavy atom. The van der Waals surface area contributed by atoms with E-state index in [1.807, 2.05) is 14.1 Å². The molecule has 27 heavy (non-hydrogen) atoms. The third kappa shape index (κ3) is 4.58. The molecule has 6 nitrogen and oxygen atoms in total. The van der Waals surface area contributed by atoms with E-state index in [0.717, 1.165) is 38.2 Å². The van der Waals surface area contributed by atoms with Gasteiger partial charge >= 0.3 is 0 Å². The number of amides is 1. The topological polar surface area (TPSA) is 60.0 Å². The van der Waals surface area contributed by atoms with Crippen LogP contribution in [0.3, 0.4) is 0 Å². The van der Waals surface area contributed by atoms with Gasteiger partial charge in [-0.2, -0.15) is 0 Å². The molecule has 0 aromatic carbocycles. The summed E-state index contributed by atoms with van der Waals surface area (Å²) in [5.74, 6) is 1.14. The molecule has 0 spiro atoms. The Labute approximate surface area is 165 Å². The quantitative estimate of drug-likeness (QED) is 0.570. The number of aliphatic imine (C=N–C) groups is 1. The van der Waals surface area contributed by atoms with Crippen LogP contribution in [0.25, 0.3) is 0 Å². The Bertz CT molecular complexity index is 527. The van der Waals surface area contributed by atoms with E-state index >= 15 is 0 Å². The Morgan fingerprint density at radius 1 is 1.15 bits per heavy atom. The molecule has 1 amide bonds. The van der Waals surface area contributed by atoms with Crippen LogP contribution in [-0.4, -0.2) is 74.0 Å². The minimum absolute atomic E-state index is 0.244. The molecule has 1 aliphatic carbocycles. The summed E-state index contributed by atoms with van der Waals surface area (Å²) in [6.07, 6.45) is 10.6. The molecule has 3 fully saturated rings. The van der Waals surface area contributed by atoms with Crippen molar-refractivity contribution in [1.82, 2.24) is 20.4 Å². The van der Waals surface area contributed by atoms with Gasteiger partial charge in [0.15, 0.2) is 5.96 Å². The third-order valence-electron chi connectivity index (χ3n) is 6.99. The molecule has 2 aliphatic heterocycles. The summed E-state index contributed by atoms with van der Waals surface area (Å²) < 4.78 is 0. The van der Waals surface area contributed by atoms with E-state index < -0.39 is 0 Å². The van der Waals surface area contributed by atoms with Gasteiger partial charge in [-0.1, -0.05) is 19.3 Å². The summed E-state index contributed by atoms with van der Waals surface area (Å²) in [5, 5.41) is 7.12. The van der Waals surface area contributed by atoms with E-state index in [0.29, 0.717) is 24.7 Å². The summed E-state index contributed by atoms with van der Waals surface area (Å²) in [6, 6.07) is 1.89. The van der Waals surface area contributed by atoms with Gasteiger partial charge in [0.2, 0.25) is 5.91 Å². The van der Waals surface area contributed by atoms with Crippen LogP contribution in [0.15, 0.2) is 4.99 Å². The first-order valence-electron chi connectivity index (χ1n) is 10.9. The predicted molar refractivity (Wildman–Crippen MR) is 111 cm³/mol. The van der Waals surface area contributed by atoms with Crippen LogP contribution in [0.1, 0.15) is 64.7 Å². The maximum Gasteiger partial charge on any atom is 0.230 e. The normalized spacial score (nSPS) is 30.8. The number of guanidine groups is 1. The summed E-state index contributed by atoms with van der Waals surface area (Å²) in [4.78, 5) is 22.1. The zero-order chi connectivity index (χ0) is 19.4. The number of hydrogen-bond donors (Lipinski definition) is 2. The SMILES string of the molecule is CCNC(=NCC1(C(=O)N(C)C)CCCC1)NC1CC2CCCC(C1)N2C. The number of nitrogens with one attached hydrogen (secondary N) is 2. The molecule has 0 aromatic heterocycles. The second-order valence-corrected chi connectivity index (χ2v) is 9.10. The lowest BCUT2D eigenvalue weighted by Crippen LogP contribution is -2.56. The van der Waals surface area contributed by atoms with E-state index in [9.17, 15) is 4.79 Å². The highest BCUT2D eigenvalue weighted by atomic mass is 16.2. The molecule has 6 heteroatoms. The molecular weight excluding hydrogens is 338 g/mol. The summed E-state index contributed by atoms with van der Waals surface area (Å²) in [5.41, 5.74) is -0.296. The van der Waals surface area contributed by atoms with Crippen molar-refractivity contribution < 1.29 is 4.79 Å². The van der Waals surface area contributed by atoms with Gasteiger partial charge in [-0.15, -0.1) is 0 Å². The van der Waals surface area contributed by atoms with Gasteiger partial charge in [0.1, 0.15) is 0 Å². The van der Waals surface area contributed by atoms with Crippen molar-refractivity contribution in [2.75, 3.05) is 34.2 Å². The number of piperidine rings is 2. The van der Waals surface area contributed by atoms with Crippen LogP contribution in [-0.2, 0) is 4.79 Å². The molecule has 154 valence electrons. The molecule has 2 N–H and O–H groups in total. The van der Waals surface area contributed by atoms with Crippen molar-refractivity contribution in [3.8, 4) is 0 Å². The monoisotopic (exact) mass is 377 g/mol. The zero-order valence-corrected chi connectivity index (χ0v) is 17.8. The van der Waals surface area contributed by atoms with Crippen molar-refractivity contribution in [2.24, 2.45) is 10.4 Å². The van der Waals surface area contributed by atoms with E-state index in [2.05, 4.69) is 29.5 Å². The van der Waals surface area contributed by atoms with Crippen LogP contribution in [0, 0.1) is 5.41 Å². The Balaban J connectivity index is 1.66. The number of carbonyl (C=O) groups is 1. The van der Waals surface area contributed by atoms with Crippen LogP contribution in [0.4, 0.5) is 0 Å². The Kier molecular flexibility index (Phi) is 6.66. The number of nitrogens with zero attached hydrogens (tertiary/aromatic N) is 3. The van der Waals surface area contributed by atoms with Gasteiger partial charge in [-0.3, -0.25) is 9.79 Å². The third-order valence-corrected chi connectivity index (χ3v) is 6.99. The number of fused-ring (bicyclic) bond motifs is 2. The fraction of sp³-hybridized carbons (Fsp3) is 0.905. The van der Waals surface area contributed by atoms with Crippen molar-refractivity contribution in [2.45, 2.75) is 82.8 Å². The molecule has 0 radical (unpaired) electrons. The molecule has 3 aliphatic rings. The average molecular weight is 378 g/mol. The minimum atomic E-state index is -0.296. The molecule has 0 aromatic rings. The molecule has 2 unspecified atom stereocenters. The highest BCUT2D eigenvalue weighted by Crippen LogP contribution is 2.40. The first-order valence-corrected chi connectivity index (χ1v) is 10.9. The number of hydrogen-bond acceptors (Lipinski definition) is 3. The smallest absolute Gasteiger partial charge is 0.230 e. The number of carbonyl (C=O) groups excluding carboxylic acids is 1. The average Bonchev–Trinajstić information content (AvgIpc) is 3.10. The fourth-order valence-electron chi connectivity index (χ4n) is 5.44. The van der Waals surface area contributed by atoms with Gasteiger partial charge in [0.05, 0.1) is 12.0 Å². The molecule has 3 rings (SSSR count). The molecule has 2 atom stereocenters. The van der Waals surface area contributed by atoms with Gasteiger partial charge in [-0.05, 0) is 52.5 Å². The van der Waals surface area contributed by atoms with Crippen LogP contribution < -0.4 is 10.6 Å². The highest BCUT2D eigenvalue weighted by molar-refractivity contribution is 5.84. The lowest BCUT2D eigenvalue weighted by molar-refractivity contribution is -0.138. The van der Waals surface area contributed by atoms with Crippen LogP contribution in [0.2, 0.25) is 0 Å². The minimum Gasteiger partial charge on any atom is -0.357 e. The van der Waals surface area contributed by atoms with Gasteiger partial charge in [0.25, 0.3) is 0 Å². The summed E-state index contributed by atoms with van der Waals surface area (Å²) in [6.45, 7) is 3.55. The maximum absolute atomic E-state index is 12.8. The Morgan fingerprint density at radius 2 is 1.78 bits per heavy atom. The van der Waals surface area contributed by atoms with Crippen molar-refractivity contribution >= 4 is 11.9 Å². The van der Waals surface area contributed by atoms with Gasteiger partial charge in [0, 0.05) is 38.8 Å². The fourth-order valence-corrected chi connectivity index (χ4v) is 5.44. The zero-order valence-electron chi connectivity index (χ0n) is 17.8. The number of rotatable bonds is 5. The van der Waals surface area contributed by atoms with E-state index in [-0.39, 0.29) is 11.3 Å². The van der Waals surface area contributed by atoms with Crippen molar-refractivity contribution in [3.63, 3.8) is 0 Å². The maximum atomic E-state index is 12.8. The second kappa shape index (κ2) is 8.80. The van der Waals surface area contributed by atoms with E-state index in [4.69, 9.17) is 4.99 Å². The Hall–Kier alpha value is -1.30.